The zero-order valence-corrected chi connectivity index (χ0v) is 21.5. The number of amides is 2. The number of β-lactam (4-membered cyclic amide) rings is 1. The summed E-state index contributed by atoms with van der Waals surface area (Å²) in [5.74, 6) is -1.85. The number of oxime groups is 1. The van der Waals surface area contributed by atoms with Crippen LogP contribution in [0.25, 0.3) is 0 Å². The number of nitrogens with zero attached hydrogens (tertiary/aromatic N) is 3. The quantitative estimate of drug-likeness (QED) is 0.181. The Balaban J connectivity index is 1.75. The molecule has 1 unspecified atom stereocenters. The van der Waals surface area contributed by atoms with Gasteiger partial charge < -0.3 is 28.9 Å². The van der Waals surface area contributed by atoms with Gasteiger partial charge in [0.2, 0.25) is 5.71 Å². The number of ether oxygens (including phenoxy) is 2. The summed E-state index contributed by atoms with van der Waals surface area (Å²) in [6.45, 7) is 7.46. The SMILES string of the molecule is CCN(CC)CCOC(=O)C1=C(COC(C)=O)CSC2[C@H](NC(=O)/C(=N\OC)c3ccco3)C(=O)N12. The van der Waals surface area contributed by atoms with Crippen LogP contribution in [0, 0.1) is 0 Å². The molecule has 13 heteroatoms. The fourth-order valence-electron chi connectivity index (χ4n) is 3.76. The van der Waals surface area contributed by atoms with Gasteiger partial charge in [-0.2, -0.15) is 0 Å². The average molecular weight is 523 g/mol. The van der Waals surface area contributed by atoms with E-state index in [1.54, 1.807) is 6.07 Å². The number of fused-ring (bicyclic) bond motifs is 1. The molecular formula is C23H30N4O8S. The van der Waals surface area contributed by atoms with E-state index in [-0.39, 0.29) is 30.4 Å². The second-order valence-electron chi connectivity index (χ2n) is 7.86. The fourth-order valence-corrected chi connectivity index (χ4v) is 5.09. The van der Waals surface area contributed by atoms with E-state index in [9.17, 15) is 19.2 Å². The van der Waals surface area contributed by atoms with Gasteiger partial charge in [0.05, 0.1) is 6.26 Å². The Morgan fingerprint density at radius 1 is 1.28 bits per heavy atom. The highest BCUT2D eigenvalue weighted by Gasteiger charge is 2.54. The van der Waals surface area contributed by atoms with Crippen LogP contribution < -0.4 is 5.32 Å². The molecule has 0 aromatic carbocycles. The summed E-state index contributed by atoms with van der Waals surface area (Å²) in [5.41, 5.74) is 0.387. The lowest BCUT2D eigenvalue weighted by Gasteiger charge is -2.49. The maximum absolute atomic E-state index is 13.1. The molecule has 0 bridgehead atoms. The first-order valence-electron chi connectivity index (χ1n) is 11.5. The van der Waals surface area contributed by atoms with E-state index < -0.39 is 35.2 Å². The van der Waals surface area contributed by atoms with Crippen molar-refractivity contribution >= 4 is 41.2 Å². The Labute approximate surface area is 212 Å². The monoisotopic (exact) mass is 522 g/mol. The van der Waals surface area contributed by atoms with E-state index >= 15 is 0 Å². The van der Waals surface area contributed by atoms with Crippen LogP contribution in [0.3, 0.4) is 0 Å². The molecule has 0 saturated carbocycles. The fraction of sp³-hybridized carbons (Fsp3) is 0.522. The van der Waals surface area contributed by atoms with Crippen LogP contribution in [0.1, 0.15) is 26.5 Å². The number of esters is 2. The molecule has 2 aliphatic rings. The minimum Gasteiger partial charge on any atom is -0.462 e. The van der Waals surface area contributed by atoms with Crippen molar-refractivity contribution in [1.29, 1.82) is 0 Å². The number of carbonyl (C=O) groups is 4. The van der Waals surface area contributed by atoms with E-state index in [1.165, 1.54) is 43.0 Å². The van der Waals surface area contributed by atoms with Crippen LogP contribution in [0.4, 0.5) is 0 Å². The average Bonchev–Trinajstić information content (AvgIpc) is 3.40. The summed E-state index contributed by atoms with van der Waals surface area (Å²) < 4.78 is 15.8. The lowest BCUT2D eigenvalue weighted by atomic mass is 10.0. The number of likely N-dealkylation sites (N-methyl/N-ethyl adjacent to an activating group) is 1. The van der Waals surface area contributed by atoms with Crippen molar-refractivity contribution in [2.24, 2.45) is 5.16 Å². The first kappa shape index (κ1) is 27.3. The summed E-state index contributed by atoms with van der Waals surface area (Å²) in [6, 6.07) is 2.22. The van der Waals surface area contributed by atoms with Crippen molar-refractivity contribution in [3.05, 3.63) is 35.4 Å². The van der Waals surface area contributed by atoms with E-state index in [1.807, 2.05) is 13.8 Å². The maximum Gasteiger partial charge on any atom is 0.355 e. The number of rotatable bonds is 12. The molecule has 2 amide bonds. The van der Waals surface area contributed by atoms with Crippen LogP contribution in [0.15, 0.2) is 39.2 Å². The molecule has 3 rings (SSSR count). The number of carbonyl (C=O) groups excluding carboxylic acids is 4. The first-order chi connectivity index (χ1) is 17.3. The van der Waals surface area contributed by atoms with Gasteiger partial charge in [0, 0.05) is 24.8 Å². The van der Waals surface area contributed by atoms with E-state index in [0.717, 1.165) is 13.1 Å². The minimum atomic E-state index is -0.909. The lowest BCUT2D eigenvalue weighted by molar-refractivity contribution is -0.153. The molecule has 36 heavy (non-hydrogen) atoms. The Kier molecular flexibility index (Phi) is 9.53. The van der Waals surface area contributed by atoms with Crippen LogP contribution in [-0.2, 0) is 33.5 Å². The van der Waals surface area contributed by atoms with Crippen LogP contribution in [0.2, 0.25) is 0 Å². The van der Waals surface area contributed by atoms with Crippen molar-refractivity contribution in [2.75, 3.05) is 45.7 Å². The molecule has 12 nitrogen and oxygen atoms in total. The third kappa shape index (κ3) is 6.08. The number of thioether (sulfide) groups is 1. The molecule has 1 aromatic rings. The standard InChI is InChI=1S/C23H30N4O8S/c1-5-26(6-2)9-11-34-23(31)19-15(12-35-14(3)28)13-36-22-18(21(30)27(19)22)24-20(29)17(25-32-4)16-8-7-10-33-16/h7-8,10,18,22H,5-6,9,11-13H2,1-4H3,(H,24,29)/b25-17-/t18-,22?/m1/s1. The largest absolute Gasteiger partial charge is 0.462 e. The van der Waals surface area contributed by atoms with Gasteiger partial charge in [-0.25, -0.2) is 4.79 Å². The van der Waals surface area contributed by atoms with Crippen LogP contribution >= 0.6 is 11.8 Å². The van der Waals surface area contributed by atoms with Gasteiger partial charge in [-0.05, 0) is 25.2 Å². The molecular weight excluding hydrogens is 492 g/mol. The number of nitrogens with one attached hydrogen (secondary N) is 1. The molecule has 196 valence electrons. The third-order valence-corrected chi connectivity index (χ3v) is 7.00. The molecule has 0 radical (unpaired) electrons. The van der Waals surface area contributed by atoms with Crippen molar-refractivity contribution in [2.45, 2.75) is 32.2 Å². The molecule has 2 aliphatic heterocycles. The second-order valence-corrected chi connectivity index (χ2v) is 8.96. The van der Waals surface area contributed by atoms with Gasteiger partial charge in [-0.1, -0.05) is 19.0 Å². The maximum atomic E-state index is 13.1. The normalized spacial score (nSPS) is 19.5. The molecule has 0 spiro atoms. The number of hydrogen-bond acceptors (Lipinski definition) is 11. The molecule has 1 N–H and O–H groups in total. The highest BCUT2D eigenvalue weighted by molar-refractivity contribution is 8.00. The second kappa shape index (κ2) is 12.6. The van der Waals surface area contributed by atoms with Crippen molar-refractivity contribution in [3.8, 4) is 0 Å². The van der Waals surface area contributed by atoms with Crippen LogP contribution in [-0.4, -0.2) is 96.4 Å². The Morgan fingerprint density at radius 3 is 2.64 bits per heavy atom. The topological polar surface area (TPSA) is 140 Å². The highest BCUT2D eigenvalue weighted by Crippen LogP contribution is 2.40. The zero-order valence-electron chi connectivity index (χ0n) is 20.6. The first-order valence-corrected chi connectivity index (χ1v) is 12.5. The minimum absolute atomic E-state index is 0.0480. The van der Waals surface area contributed by atoms with E-state index in [0.29, 0.717) is 17.9 Å². The molecule has 3 heterocycles. The number of hydrogen-bond donors (Lipinski definition) is 1. The van der Waals surface area contributed by atoms with Crippen molar-refractivity contribution < 1.29 is 37.9 Å². The van der Waals surface area contributed by atoms with Gasteiger partial charge in [0.25, 0.3) is 11.8 Å². The third-order valence-electron chi connectivity index (χ3n) is 5.66. The van der Waals surface area contributed by atoms with Crippen LogP contribution in [0.5, 0.6) is 0 Å². The zero-order chi connectivity index (χ0) is 26.2. The number of furan rings is 1. The van der Waals surface area contributed by atoms with Crippen molar-refractivity contribution in [1.82, 2.24) is 15.1 Å². The summed E-state index contributed by atoms with van der Waals surface area (Å²) in [7, 11) is 1.29. The summed E-state index contributed by atoms with van der Waals surface area (Å²) in [5, 5.41) is 5.81. The highest BCUT2D eigenvalue weighted by atomic mass is 32.2. The van der Waals surface area contributed by atoms with E-state index in [2.05, 4.69) is 15.4 Å². The van der Waals surface area contributed by atoms with Gasteiger partial charge >= 0.3 is 11.9 Å². The lowest BCUT2D eigenvalue weighted by Crippen LogP contribution is -2.71. The summed E-state index contributed by atoms with van der Waals surface area (Å²) >= 11 is 1.34. The van der Waals surface area contributed by atoms with Gasteiger partial charge in [-0.15, -0.1) is 11.8 Å². The Hall–Kier alpha value is -3.32. The summed E-state index contributed by atoms with van der Waals surface area (Å²) in [4.78, 5) is 58.5. The van der Waals surface area contributed by atoms with Gasteiger partial charge in [0.1, 0.15) is 37.4 Å². The molecule has 1 saturated heterocycles. The molecule has 1 fully saturated rings. The smallest absolute Gasteiger partial charge is 0.355 e. The van der Waals surface area contributed by atoms with Crippen molar-refractivity contribution in [3.63, 3.8) is 0 Å². The summed E-state index contributed by atoms with van der Waals surface area (Å²) in [6.07, 6.45) is 1.38. The van der Waals surface area contributed by atoms with E-state index in [4.69, 9.17) is 18.7 Å². The molecule has 0 aliphatic carbocycles. The molecule has 2 atom stereocenters. The Bertz CT molecular complexity index is 1030. The Morgan fingerprint density at radius 2 is 2.03 bits per heavy atom. The molecule has 1 aromatic heterocycles. The predicted octanol–water partition coefficient (Wildman–Crippen LogP) is 0.732. The van der Waals surface area contributed by atoms with Gasteiger partial charge in [0.15, 0.2) is 5.76 Å². The predicted molar refractivity (Wildman–Crippen MR) is 130 cm³/mol. The van der Waals surface area contributed by atoms with Gasteiger partial charge in [-0.3, -0.25) is 19.3 Å².